The standard InChI is InChI=1S/C26H26N4O2S/c1-27-24(32)17-4-2-16(3-5-17)20-14-30-21-8-6-18(12-23(21)33-25(30)29-20)22(31)9-7-19-13-26(10-11-26)15-28-19/h2-6,8,12,14,19,28H,7,9-11,13,15H2,1H3,(H,27,32). The highest BCUT2D eigenvalue weighted by Gasteiger charge is 2.47. The van der Waals surface area contributed by atoms with Crippen molar-refractivity contribution >= 4 is 38.2 Å². The van der Waals surface area contributed by atoms with E-state index in [4.69, 9.17) is 4.98 Å². The van der Waals surface area contributed by atoms with Crippen LogP contribution in [-0.4, -0.2) is 40.7 Å². The number of rotatable bonds is 6. The van der Waals surface area contributed by atoms with Gasteiger partial charge in [0.1, 0.15) is 0 Å². The lowest BCUT2D eigenvalue weighted by Crippen LogP contribution is -2.22. The van der Waals surface area contributed by atoms with Gasteiger partial charge in [0.2, 0.25) is 0 Å². The summed E-state index contributed by atoms with van der Waals surface area (Å²) in [5, 5.41) is 6.24. The molecule has 4 aromatic rings. The first kappa shape index (κ1) is 20.6. The average Bonchev–Trinajstić information content (AvgIpc) is 3.15. The molecule has 33 heavy (non-hydrogen) atoms. The number of fused-ring (bicyclic) bond motifs is 3. The van der Waals surface area contributed by atoms with Crippen LogP contribution in [0.5, 0.6) is 0 Å². The molecule has 1 atom stereocenters. The van der Waals surface area contributed by atoms with Crippen LogP contribution >= 0.6 is 11.3 Å². The average molecular weight is 459 g/mol. The van der Waals surface area contributed by atoms with Gasteiger partial charge in [-0.25, -0.2) is 4.98 Å². The second-order valence-corrected chi connectivity index (χ2v) is 10.5. The van der Waals surface area contributed by atoms with Crippen molar-refractivity contribution in [2.45, 2.75) is 38.1 Å². The van der Waals surface area contributed by atoms with Gasteiger partial charge in [0.25, 0.3) is 5.91 Å². The van der Waals surface area contributed by atoms with Crippen molar-refractivity contribution in [2.24, 2.45) is 5.41 Å². The number of imidazole rings is 1. The molecule has 168 valence electrons. The van der Waals surface area contributed by atoms with Crippen LogP contribution in [0, 0.1) is 5.41 Å². The number of amides is 1. The Morgan fingerprint density at radius 3 is 2.70 bits per heavy atom. The summed E-state index contributed by atoms with van der Waals surface area (Å²) in [4.78, 5) is 30.3. The van der Waals surface area contributed by atoms with Gasteiger partial charge in [0.05, 0.1) is 15.9 Å². The molecule has 1 saturated carbocycles. The van der Waals surface area contributed by atoms with E-state index in [0.717, 1.165) is 45.0 Å². The zero-order chi connectivity index (χ0) is 22.6. The van der Waals surface area contributed by atoms with E-state index in [9.17, 15) is 9.59 Å². The van der Waals surface area contributed by atoms with Gasteiger partial charge in [0.15, 0.2) is 10.7 Å². The molecule has 1 spiro atoms. The Morgan fingerprint density at radius 1 is 1.18 bits per heavy atom. The van der Waals surface area contributed by atoms with Crippen molar-refractivity contribution in [3.05, 3.63) is 59.8 Å². The Hall–Kier alpha value is -3.03. The highest BCUT2D eigenvalue weighted by Crippen LogP contribution is 2.52. The lowest BCUT2D eigenvalue weighted by molar-refractivity contribution is 0.0959. The molecule has 3 heterocycles. The number of carbonyl (C=O) groups is 2. The third-order valence-electron chi connectivity index (χ3n) is 7.21. The fourth-order valence-corrected chi connectivity index (χ4v) is 6.04. The number of nitrogens with zero attached hydrogens (tertiary/aromatic N) is 2. The number of aromatic nitrogens is 2. The minimum atomic E-state index is -0.102. The lowest BCUT2D eigenvalue weighted by Gasteiger charge is -2.09. The van der Waals surface area contributed by atoms with E-state index in [2.05, 4.69) is 15.0 Å². The van der Waals surface area contributed by atoms with Gasteiger partial charge < -0.3 is 10.6 Å². The van der Waals surface area contributed by atoms with Crippen LogP contribution in [-0.2, 0) is 0 Å². The molecule has 0 radical (unpaired) electrons. The quantitative estimate of drug-likeness (QED) is 0.412. The van der Waals surface area contributed by atoms with Gasteiger partial charge in [0, 0.05) is 48.9 Å². The number of Topliss-reactive ketones (excluding diaryl/α,β-unsaturated/α-hetero) is 1. The smallest absolute Gasteiger partial charge is 0.251 e. The molecule has 1 aliphatic carbocycles. The van der Waals surface area contributed by atoms with Gasteiger partial charge in [-0.15, -0.1) is 0 Å². The summed E-state index contributed by atoms with van der Waals surface area (Å²) in [5.74, 6) is 0.119. The van der Waals surface area contributed by atoms with E-state index in [1.54, 1.807) is 18.4 Å². The van der Waals surface area contributed by atoms with Crippen LogP contribution in [0.25, 0.3) is 26.4 Å². The van der Waals surface area contributed by atoms with Crippen molar-refractivity contribution in [2.75, 3.05) is 13.6 Å². The van der Waals surface area contributed by atoms with Gasteiger partial charge in [-0.2, -0.15) is 0 Å². The summed E-state index contributed by atoms with van der Waals surface area (Å²) >= 11 is 1.59. The zero-order valence-corrected chi connectivity index (χ0v) is 19.4. The lowest BCUT2D eigenvalue weighted by atomic mass is 9.98. The van der Waals surface area contributed by atoms with Crippen molar-refractivity contribution < 1.29 is 9.59 Å². The molecule has 2 N–H and O–H groups in total. The molecular formula is C26H26N4O2S. The minimum absolute atomic E-state index is 0.102. The Morgan fingerprint density at radius 2 is 1.97 bits per heavy atom. The van der Waals surface area contributed by atoms with Gasteiger partial charge in [-0.3, -0.25) is 14.0 Å². The SMILES string of the molecule is CNC(=O)c1ccc(-c2cn3c(n2)sc2cc(C(=O)CCC4CC5(CC5)CN4)ccc23)cc1. The molecule has 6 rings (SSSR count). The highest BCUT2D eigenvalue weighted by atomic mass is 32.1. The Bertz CT molecular complexity index is 1380. The summed E-state index contributed by atoms with van der Waals surface area (Å²) < 4.78 is 3.15. The highest BCUT2D eigenvalue weighted by molar-refractivity contribution is 7.23. The number of carbonyl (C=O) groups excluding carboxylic acids is 2. The number of thiazole rings is 1. The Labute approximate surface area is 196 Å². The van der Waals surface area contributed by atoms with Gasteiger partial charge in [-0.05, 0) is 61.4 Å². The van der Waals surface area contributed by atoms with Crippen LogP contribution in [0.3, 0.4) is 0 Å². The van der Waals surface area contributed by atoms with Gasteiger partial charge >= 0.3 is 0 Å². The van der Waals surface area contributed by atoms with E-state index in [-0.39, 0.29) is 11.7 Å². The molecule has 1 aliphatic heterocycles. The zero-order valence-electron chi connectivity index (χ0n) is 18.6. The maximum atomic E-state index is 12.8. The van der Waals surface area contributed by atoms with Crippen molar-refractivity contribution in [3.63, 3.8) is 0 Å². The Balaban J connectivity index is 1.19. The van der Waals surface area contributed by atoms with Crippen LogP contribution < -0.4 is 10.6 Å². The fraction of sp³-hybridized carbons (Fsp3) is 0.346. The molecule has 1 unspecified atom stereocenters. The molecular weight excluding hydrogens is 432 g/mol. The first-order valence-electron chi connectivity index (χ1n) is 11.5. The minimum Gasteiger partial charge on any atom is -0.355 e. The van der Waals surface area contributed by atoms with E-state index < -0.39 is 0 Å². The molecule has 0 bridgehead atoms. The summed E-state index contributed by atoms with van der Waals surface area (Å²) in [5.41, 5.74) is 4.87. The molecule has 1 saturated heterocycles. The maximum absolute atomic E-state index is 12.8. The van der Waals surface area contributed by atoms with Crippen LogP contribution in [0.15, 0.2) is 48.7 Å². The largest absolute Gasteiger partial charge is 0.355 e. The van der Waals surface area contributed by atoms with Crippen LogP contribution in [0.2, 0.25) is 0 Å². The van der Waals surface area contributed by atoms with Crippen molar-refractivity contribution in [3.8, 4) is 11.3 Å². The summed E-state index contributed by atoms with van der Waals surface area (Å²) in [6.45, 7) is 1.13. The number of hydrogen-bond donors (Lipinski definition) is 2. The summed E-state index contributed by atoms with van der Waals surface area (Å²) in [7, 11) is 1.62. The topological polar surface area (TPSA) is 75.5 Å². The maximum Gasteiger partial charge on any atom is 0.251 e. The van der Waals surface area contributed by atoms with E-state index in [1.165, 1.54) is 19.3 Å². The number of ketones is 1. The van der Waals surface area contributed by atoms with Gasteiger partial charge in [-0.1, -0.05) is 23.5 Å². The second kappa shape index (κ2) is 7.78. The Kier molecular flexibility index (Phi) is 4.85. The molecule has 2 aliphatic rings. The fourth-order valence-electron chi connectivity index (χ4n) is 4.99. The third-order valence-corrected chi connectivity index (χ3v) is 8.23. The molecule has 6 nitrogen and oxygen atoms in total. The summed E-state index contributed by atoms with van der Waals surface area (Å²) in [6, 6.07) is 13.9. The van der Waals surface area contributed by atoms with Crippen molar-refractivity contribution in [1.29, 1.82) is 0 Å². The first-order chi connectivity index (χ1) is 16.0. The molecule has 2 aromatic heterocycles. The van der Waals surface area contributed by atoms with E-state index >= 15 is 0 Å². The van der Waals surface area contributed by atoms with E-state index in [0.29, 0.717) is 23.4 Å². The monoisotopic (exact) mass is 458 g/mol. The predicted molar refractivity (Wildman–Crippen MR) is 131 cm³/mol. The van der Waals surface area contributed by atoms with Crippen LogP contribution in [0.1, 0.15) is 52.8 Å². The predicted octanol–water partition coefficient (Wildman–Crippen LogP) is 4.68. The molecule has 2 aromatic carbocycles. The molecule has 1 amide bonds. The second-order valence-electron chi connectivity index (χ2n) is 9.46. The number of nitrogens with one attached hydrogen (secondary N) is 2. The number of benzene rings is 2. The van der Waals surface area contributed by atoms with Crippen LogP contribution in [0.4, 0.5) is 0 Å². The summed E-state index contributed by atoms with van der Waals surface area (Å²) in [6.07, 6.45) is 7.48. The normalized spacial score (nSPS) is 18.9. The number of hydrogen-bond acceptors (Lipinski definition) is 5. The first-order valence-corrected chi connectivity index (χ1v) is 12.4. The molecule has 7 heteroatoms. The van der Waals surface area contributed by atoms with Crippen molar-refractivity contribution in [1.82, 2.24) is 20.0 Å². The van der Waals surface area contributed by atoms with E-state index in [1.807, 2.05) is 48.7 Å². The molecule has 2 fully saturated rings. The third kappa shape index (κ3) is 3.75.